The van der Waals surface area contributed by atoms with E-state index >= 15 is 0 Å². The topological polar surface area (TPSA) is 73.0 Å². The van der Waals surface area contributed by atoms with Crippen LogP contribution >= 0.6 is 22.7 Å². The molecule has 0 saturated carbocycles. The summed E-state index contributed by atoms with van der Waals surface area (Å²) in [5.41, 5.74) is 2.61. The van der Waals surface area contributed by atoms with E-state index in [0.717, 1.165) is 15.5 Å². The zero-order valence-corrected chi connectivity index (χ0v) is 14.8. The SMILES string of the molecule is C.C.Cc1ccc2nc(C)sc2c1.Cc1nn2c(=O)c(C)nnc2s1. The fourth-order valence-electron chi connectivity index (χ4n) is 2.04. The zero-order valence-electron chi connectivity index (χ0n) is 13.2. The second-order valence-electron chi connectivity index (χ2n) is 5.11. The van der Waals surface area contributed by atoms with E-state index in [2.05, 4.69) is 45.4 Å². The predicted molar refractivity (Wildman–Crippen MR) is 107 cm³/mol. The van der Waals surface area contributed by atoms with Gasteiger partial charge in [0.15, 0.2) is 0 Å². The number of thiazole rings is 1. The molecule has 0 aliphatic carbocycles. The van der Waals surface area contributed by atoms with Crippen molar-refractivity contribution in [3.63, 3.8) is 0 Å². The first-order chi connectivity index (χ1) is 10.9. The maximum absolute atomic E-state index is 11.3. The Hall–Kier alpha value is -2.19. The van der Waals surface area contributed by atoms with E-state index in [1.807, 2.05) is 13.8 Å². The van der Waals surface area contributed by atoms with Gasteiger partial charge in [-0.2, -0.15) is 9.61 Å². The molecule has 0 N–H and O–H groups in total. The lowest BCUT2D eigenvalue weighted by Crippen LogP contribution is -2.19. The minimum atomic E-state index is -0.190. The molecule has 0 spiro atoms. The molecule has 0 unspecified atom stereocenters. The van der Waals surface area contributed by atoms with Crippen LogP contribution in [0.2, 0.25) is 0 Å². The van der Waals surface area contributed by atoms with Crippen LogP contribution in [-0.4, -0.2) is 24.8 Å². The molecule has 4 rings (SSSR count). The van der Waals surface area contributed by atoms with Gasteiger partial charge in [0.25, 0.3) is 5.56 Å². The van der Waals surface area contributed by atoms with Gasteiger partial charge in [-0.1, -0.05) is 32.3 Å². The van der Waals surface area contributed by atoms with Crippen molar-refractivity contribution >= 4 is 37.9 Å². The van der Waals surface area contributed by atoms with Crippen molar-refractivity contribution in [1.82, 2.24) is 24.8 Å². The molecule has 3 heterocycles. The van der Waals surface area contributed by atoms with Gasteiger partial charge in [-0.25, -0.2) is 4.98 Å². The normalized spacial score (nSPS) is 9.92. The van der Waals surface area contributed by atoms with Gasteiger partial charge in [-0.05, 0) is 45.4 Å². The molecule has 3 aromatic heterocycles. The maximum Gasteiger partial charge on any atom is 0.296 e. The number of aromatic nitrogens is 5. The van der Waals surface area contributed by atoms with Gasteiger partial charge in [-0.3, -0.25) is 4.79 Å². The third kappa shape index (κ3) is 4.46. The summed E-state index contributed by atoms with van der Waals surface area (Å²) in [6, 6.07) is 6.36. The van der Waals surface area contributed by atoms with Crippen LogP contribution in [0.4, 0.5) is 0 Å². The van der Waals surface area contributed by atoms with Crippen molar-refractivity contribution in [2.24, 2.45) is 0 Å². The monoisotopic (exact) mass is 377 g/mol. The number of rotatable bonds is 0. The molecule has 0 amide bonds. The number of fused-ring (bicyclic) bond motifs is 2. The number of hydrogen-bond acceptors (Lipinski definition) is 7. The molecule has 0 bridgehead atoms. The van der Waals surface area contributed by atoms with Crippen LogP contribution in [0.5, 0.6) is 0 Å². The molecule has 8 heteroatoms. The molecule has 0 atom stereocenters. The minimum Gasteiger partial charge on any atom is -0.265 e. The fourth-order valence-corrected chi connectivity index (χ4v) is 3.64. The Morgan fingerprint density at radius 2 is 1.68 bits per heavy atom. The molecule has 0 fully saturated rings. The Labute approximate surface area is 155 Å². The van der Waals surface area contributed by atoms with Crippen molar-refractivity contribution < 1.29 is 0 Å². The zero-order chi connectivity index (χ0) is 16.6. The summed E-state index contributed by atoms with van der Waals surface area (Å²) in [5.74, 6) is 0. The first kappa shape index (κ1) is 20.9. The Morgan fingerprint density at radius 3 is 2.40 bits per heavy atom. The van der Waals surface area contributed by atoms with Crippen molar-refractivity contribution in [2.45, 2.75) is 42.5 Å². The molecular weight excluding hydrogens is 354 g/mol. The van der Waals surface area contributed by atoms with E-state index in [9.17, 15) is 4.79 Å². The van der Waals surface area contributed by atoms with Gasteiger partial charge in [-0.15, -0.1) is 21.5 Å². The highest BCUT2D eigenvalue weighted by Crippen LogP contribution is 2.21. The standard InChI is InChI=1S/C9H9NS.C6H6N4OS.2CH4/c1-6-3-4-8-9(5-6)11-7(2)10-8;1-3-5(11)10-6(8-7-3)12-4(2)9-10;;/h3-5H,1-2H3;1-2H3;2*1H4. The second kappa shape index (κ2) is 8.26. The lowest BCUT2D eigenvalue weighted by molar-refractivity contribution is 0.817. The van der Waals surface area contributed by atoms with E-state index in [1.54, 1.807) is 18.3 Å². The second-order valence-corrected chi connectivity index (χ2v) is 7.50. The number of nitrogens with zero attached hydrogens (tertiary/aromatic N) is 5. The average molecular weight is 378 g/mol. The summed E-state index contributed by atoms with van der Waals surface area (Å²) in [4.78, 5) is 16.3. The molecule has 0 aliphatic heterocycles. The summed E-state index contributed by atoms with van der Waals surface area (Å²) in [6.45, 7) is 7.60. The molecule has 134 valence electrons. The van der Waals surface area contributed by atoms with Crippen molar-refractivity contribution in [1.29, 1.82) is 0 Å². The molecule has 4 aromatic rings. The fraction of sp³-hybridized carbons (Fsp3) is 0.353. The van der Waals surface area contributed by atoms with Gasteiger partial charge in [0.05, 0.1) is 15.2 Å². The molecule has 1 aromatic carbocycles. The van der Waals surface area contributed by atoms with E-state index in [-0.39, 0.29) is 20.4 Å². The number of hydrogen-bond donors (Lipinski definition) is 0. The Morgan fingerprint density at radius 1 is 0.960 bits per heavy atom. The molecule has 0 radical (unpaired) electrons. The smallest absolute Gasteiger partial charge is 0.265 e. The van der Waals surface area contributed by atoms with Gasteiger partial charge in [0, 0.05) is 0 Å². The summed E-state index contributed by atoms with van der Waals surface area (Å²) in [6.07, 6.45) is 0. The van der Waals surface area contributed by atoms with Crippen molar-refractivity contribution in [3.8, 4) is 0 Å². The third-order valence-electron chi connectivity index (χ3n) is 3.10. The van der Waals surface area contributed by atoms with Crippen LogP contribution in [0, 0.1) is 27.7 Å². The van der Waals surface area contributed by atoms with Gasteiger partial charge in [0.2, 0.25) is 4.96 Å². The van der Waals surface area contributed by atoms with Crippen LogP contribution in [0.25, 0.3) is 15.2 Å². The number of aryl methyl sites for hydroxylation is 4. The third-order valence-corrected chi connectivity index (χ3v) is 4.85. The summed E-state index contributed by atoms with van der Waals surface area (Å²) < 4.78 is 2.57. The van der Waals surface area contributed by atoms with E-state index in [1.165, 1.54) is 26.1 Å². The van der Waals surface area contributed by atoms with Crippen LogP contribution < -0.4 is 5.56 Å². The highest BCUT2D eigenvalue weighted by molar-refractivity contribution is 7.18. The summed E-state index contributed by atoms with van der Waals surface area (Å²) in [5, 5.41) is 13.5. The van der Waals surface area contributed by atoms with Gasteiger partial charge < -0.3 is 0 Å². The minimum absolute atomic E-state index is 0. The molecule has 0 saturated heterocycles. The maximum atomic E-state index is 11.3. The quantitative estimate of drug-likeness (QED) is 0.455. The lowest BCUT2D eigenvalue weighted by Gasteiger charge is -1.88. The highest BCUT2D eigenvalue weighted by atomic mass is 32.1. The molecule has 0 aliphatic rings. The van der Waals surface area contributed by atoms with E-state index < -0.39 is 0 Å². The molecular formula is C17H23N5OS2. The van der Waals surface area contributed by atoms with Crippen molar-refractivity contribution in [3.05, 3.63) is 49.8 Å². The molecule has 25 heavy (non-hydrogen) atoms. The van der Waals surface area contributed by atoms with Crippen LogP contribution in [0.1, 0.15) is 36.1 Å². The van der Waals surface area contributed by atoms with E-state index in [4.69, 9.17) is 0 Å². The molecule has 6 nitrogen and oxygen atoms in total. The van der Waals surface area contributed by atoms with Gasteiger partial charge >= 0.3 is 0 Å². The van der Waals surface area contributed by atoms with Crippen LogP contribution in [0.3, 0.4) is 0 Å². The van der Waals surface area contributed by atoms with Crippen LogP contribution in [-0.2, 0) is 0 Å². The predicted octanol–water partition coefficient (Wildman–Crippen LogP) is 4.35. The Kier molecular flexibility index (Phi) is 6.89. The van der Waals surface area contributed by atoms with Gasteiger partial charge in [0.1, 0.15) is 10.7 Å². The Balaban J connectivity index is 0.000000232. The highest BCUT2D eigenvalue weighted by Gasteiger charge is 2.05. The average Bonchev–Trinajstić information content (AvgIpc) is 3.05. The number of benzene rings is 1. The lowest BCUT2D eigenvalue weighted by atomic mass is 10.2. The largest absolute Gasteiger partial charge is 0.296 e. The first-order valence-corrected chi connectivity index (χ1v) is 8.61. The van der Waals surface area contributed by atoms with Crippen molar-refractivity contribution in [2.75, 3.05) is 0 Å². The van der Waals surface area contributed by atoms with E-state index in [0.29, 0.717) is 10.7 Å². The summed E-state index contributed by atoms with van der Waals surface area (Å²) >= 11 is 3.11. The van der Waals surface area contributed by atoms with Crippen LogP contribution in [0.15, 0.2) is 23.0 Å². The summed E-state index contributed by atoms with van der Waals surface area (Å²) in [7, 11) is 0. The Bertz CT molecular complexity index is 1050. The first-order valence-electron chi connectivity index (χ1n) is 6.97.